The van der Waals surface area contributed by atoms with Gasteiger partial charge < -0.3 is 5.32 Å². The predicted octanol–water partition coefficient (Wildman–Crippen LogP) is 4.52. The van der Waals surface area contributed by atoms with Gasteiger partial charge in [-0.2, -0.15) is 11.3 Å². The van der Waals surface area contributed by atoms with E-state index in [0.717, 1.165) is 25.9 Å². The van der Waals surface area contributed by atoms with E-state index in [0.29, 0.717) is 5.92 Å². The normalized spacial score (nSPS) is 12.5. The molecule has 1 atom stereocenters. The van der Waals surface area contributed by atoms with Crippen LogP contribution in [0.1, 0.15) is 18.1 Å². The molecule has 1 N–H and O–H groups in total. The molecule has 1 heterocycles. The maximum Gasteiger partial charge on any atom is 0.0177 e. The minimum absolute atomic E-state index is 0.656. The highest BCUT2D eigenvalue weighted by Crippen LogP contribution is 2.19. The van der Waals surface area contributed by atoms with Crippen molar-refractivity contribution >= 4 is 27.3 Å². The molecule has 0 bridgehead atoms. The Bertz CT molecular complexity index is 481. The molecule has 0 aliphatic heterocycles. The molecule has 1 nitrogen and oxygen atoms in total. The largest absolute Gasteiger partial charge is 0.317 e. The molecular weight excluding hydrogens is 318 g/mol. The molecule has 1 aromatic heterocycles. The second kappa shape index (κ2) is 7.83. The molecule has 0 saturated carbocycles. The lowest BCUT2D eigenvalue weighted by molar-refractivity contribution is 0.478. The second-order valence-corrected chi connectivity index (χ2v) is 6.54. The Morgan fingerprint density at radius 3 is 2.74 bits per heavy atom. The van der Waals surface area contributed by atoms with Gasteiger partial charge in [0.2, 0.25) is 0 Å². The first kappa shape index (κ1) is 14.8. The van der Waals surface area contributed by atoms with E-state index in [1.165, 1.54) is 15.6 Å². The molecule has 0 aliphatic carbocycles. The summed E-state index contributed by atoms with van der Waals surface area (Å²) in [5, 5.41) is 7.92. The van der Waals surface area contributed by atoms with Crippen LogP contribution in [-0.2, 0) is 12.8 Å². The Morgan fingerprint density at radius 2 is 2.05 bits per heavy atom. The smallest absolute Gasteiger partial charge is 0.0177 e. The molecule has 0 spiro atoms. The van der Waals surface area contributed by atoms with Crippen LogP contribution >= 0.6 is 27.3 Å². The quantitative estimate of drug-likeness (QED) is 0.783. The molecule has 0 amide bonds. The van der Waals surface area contributed by atoms with E-state index in [9.17, 15) is 0 Å². The first-order valence-electron chi connectivity index (χ1n) is 6.74. The van der Waals surface area contributed by atoms with Gasteiger partial charge in [0.05, 0.1) is 0 Å². The van der Waals surface area contributed by atoms with Crippen LogP contribution in [0.15, 0.2) is 45.6 Å². The average Bonchev–Trinajstić information content (AvgIpc) is 2.89. The molecule has 2 aromatic rings. The number of hydrogen-bond donors (Lipinski definition) is 1. The first-order chi connectivity index (χ1) is 9.28. The van der Waals surface area contributed by atoms with E-state index in [1.807, 2.05) is 0 Å². The highest BCUT2D eigenvalue weighted by molar-refractivity contribution is 9.10. The standard InChI is InChI=1S/C16H20BrNS/c1-2-18-11-15(9-14-6-7-19-12-14)8-13-4-3-5-16(17)10-13/h3-7,10,12,15,18H,2,8-9,11H2,1H3. The fourth-order valence-electron chi connectivity index (χ4n) is 2.30. The van der Waals surface area contributed by atoms with Crippen molar-refractivity contribution in [2.24, 2.45) is 5.92 Å². The Balaban J connectivity index is 2.00. The van der Waals surface area contributed by atoms with Gasteiger partial charge in [-0.3, -0.25) is 0 Å². The minimum atomic E-state index is 0.656. The van der Waals surface area contributed by atoms with Crippen molar-refractivity contribution in [1.29, 1.82) is 0 Å². The van der Waals surface area contributed by atoms with Crippen molar-refractivity contribution in [3.8, 4) is 0 Å². The molecule has 0 aliphatic rings. The summed E-state index contributed by atoms with van der Waals surface area (Å²) in [4.78, 5) is 0. The van der Waals surface area contributed by atoms with Crippen molar-refractivity contribution in [1.82, 2.24) is 5.32 Å². The van der Waals surface area contributed by atoms with Gasteiger partial charge in [-0.05, 0) is 71.9 Å². The minimum Gasteiger partial charge on any atom is -0.317 e. The van der Waals surface area contributed by atoms with E-state index in [2.05, 4.69) is 69.3 Å². The average molecular weight is 338 g/mol. The first-order valence-corrected chi connectivity index (χ1v) is 8.47. The van der Waals surface area contributed by atoms with Crippen LogP contribution in [0.25, 0.3) is 0 Å². The van der Waals surface area contributed by atoms with Crippen LogP contribution in [0.4, 0.5) is 0 Å². The lowest BCUT2D eigenvalue weighted by Crippen LogP contribution is -2.25. The van der Waals surface area contributed by atoms with E-state index in [1.54, 1.807) is 11.3 Å². The third-order valence-electron chi connectivity index (χ3n) is 3.20. The summed E-state index contributed by atoms with van der Waals surface area (Å²) >= 11 is 5.34. The highest BCUT2D eigenvalue weighted by Gasteiger charge is 2.11. The predicted molar refractivity (Wildman–Crippen MR) is 87.9 cm³/mol. The van der Waals surface area contributed by atoms with Crippen molar-refractivity contribution in [2.75, 3.05) is 13.1 Å². The van der Waals surface area contributed by atoms with E-state index in [4.69, 9.17) is 0 Å². The van der Waals surface area contributed by atoms with Crippen molar-refractivity contribution in [2.45, 2.75) is 19.8 Å². The van der Waals surface area contributed by atoms with Gasteiger partial charge in [-0.25, -0.2) is 0 Å². The second-order valence-electron chi connectivity index (χ2n) is 4.84. The number of thiophene rings is 1. The van der Waals surface area contributed by atoms with E-state index < -0.39 is 0 Å². The number of hydrogen-bond acceptors (Lipinski definition) is 2. The zero-order valence-electron chi connectivity index (χ0n) is 11.2. The van der Waals surface area contributed by atoms with Crippen molar-refractivity contribution < 1.29 is 0 Å². The molecule has 3 heteroatoms. The van der Waals surface area contributed by atoms with Crippen molar-refractivity contribution in [3.05, 3.63) is 56.7 Å². The van der Waals surface area contributed by atoms with Crippen LogP contribution in [0, 0.1) is 5.92 Å². The fourth-order valence-corrected chi connectivity index (χ4v) is 3.43. The number of rotatable bonds is 7. The molecule has 19 heavy (non-hydrogen) atoms. The highest BCUT2D eigenvalue weighted by atomic mass is 79.9. The van der Waals surface area contributed by atoms with Crippen LogP contribution in [0.2, 0.25) is 0 Å². The monoisotopic (exact) mass is 337 g/mol. The molecule has 2 rings (SSSR count). The SMILES string of the molecule is CCNCC(Cc1ccsc1)Cc1cccc(Br)c1. The summed E-state index contributed by atoms with van der Waals surface area (Å²) < 4.78 is 1.17. The van der Waals surface area contributed by atoms with Gasteiger partial charge >= 0.3 is 0 Å². The summed E-state index contributed by atoms with van der Waals surface area (Å²) in [6.45, 7) is 4.29. The lowest BCUT2D eigenvalue weighted by atomic mass is 9.93. The molecule has 102 valence electrons. The number of nitrogens with one attached hydrogen (secondary N) is 1. The fraction of sp³-hybridized carbons (Fsp3) is 0.375. The summed E-state index contributed by atoms with van der Waals surface area (Å²) in [7, 11) is 0. The van der Waals surface area contributed by atoms with Crippen LogP contribution in [0.5, 0.6) is 0 Å². The Hall–Kier alpha value is -0.640. The van der Waals surface area contributed by atoms with E-state index >= 15 is 0 Å². The molecule has 0 saturated heterocycles. The van der Waals surface area contributed by atoms with Gasteiger partial charge in [-0.15, -0.1) is 0 Å². The Morgan fingerprint density at radius 1 is 1.21 bits per heavy atom. The number of benzene rings is 1. The summed E-state index contributed by atoms with van der Waals surface area (Å²) in [6.07, 6.45) is 2.28. The van der Waals surface area contributed by atoms with Gasteiger partial charge in [0, 0.05) is 4.47 Å². The number of halogens is 1. The van der Waals surface area contributed by atoms with Crippen molar-refractivity contribution in [3.63, 3.8) is 0 Å². The van der Waals surface area contributed by atoms with Crippen LogP contribution in [-0.4, -0.2) is 13.1 Å². The van der Waals surface area contributed by atoms with Gasteiger partial charge in [0.1, 0.15) is 0 Å². The molecule has 0 radical (unpaired) electrons. The molecular formula is C16H20BrNS. The third kappa shape index (κ3) is 5.09. The third-order valence-corrected chi connectivity index (χ3v) is 4.43. The van der Waals surface area contributed by atoms with E-state index in [-0.39, 0.29) is 0 Å². The summed E-state index contributed by atoms with van der Waals surface area (Å²) in [6, 6.07) is 10.9. The Labute approximate surface area is 128 Å². The van der Waals surface area contributed by atoms with Crippen LogP contribution < -0.4 is 5.32 Å². The topological polar surface area (TPSA) is 12.0 Å². The summed E-state index contributed by atoms with van der Waals surface area (Å²) in [5.41, 5.74) is 2.87. The van der Waals surface area contributed by atoms with Gasteiger partial charge in [0.25, 0.3) is 0 Å². The molecule has 1 aromatic carbocycles. The van der Waals surface area contributed by atoms with Gasteiger partial charge in [-0.1, -0.05) is 35.0 Å². The maximum absolute atomic E-state index is 3.55. The van der Waals surface area contributed by atoms with Gasteiger partial charge in [0.15, 0.2) is 0 Å². The zero-order valence-corrected chi connectivity index (χ0v) is 13.6. The van der Waals surface area contributed by atoms with Crippen LogP contribution in [0.3, 0.4) is 0 Å². The molecule has 0 fully saturated rings. The summed E-state index contributed by atoms with van der Waals surface area (Å²) in [5.74, 6) is 0.656. The zero-order chi connectivity index (χ0) is 13.5. The Kier molecular flexibility index (Phi) is 6.08. The molecule has 1 unspecified atom stereocenters. The lowest BCUT2D eigenvalue weighted by Gasteiger charge is -2.17. The maximum atomic E-state index is 3.55.